The number of alkyl carbamates (subject to hydrolysis) is 1. The molecule has 1 aliphatic rings. The minimum absolute atomic E-state index is 0.0515. The summed E-state index contributed by atoms with van der Waals surface area (Å²) in [6, 6.07) is -0.487. The Labute approximate surface area is 325 Å². The van der Waals surface area contributed by atoms with Crippen LogP contribution in [0.2, 0.25) is 0 Å². The zero-order chi connectivity index (χ0) is 39.5. The SMILES string of the molecule is CCCCC/C=C\C/C=C\CCCCCCCC(=O)OCC(COC(=O)CCCCCCCCCCCCCCC)OC(=O)NC1CN(CC(F)(F)F)C1. The van der Waals surface area contributed by atoms with Gasteiger partial charge in [0.1, 0.15) is 13.2 Å². The molecule has 1 atom stereocenters. The summed E-state index contributed by atoms with van der Waals surface area (Å²) in [6.07, 6.45) is 30.7. The van der Waals surface area contributed by atoms with Gasteiger partial charge in [-0.3, -0.25) is 14.5 Å². The van der Waals surface area contributed by atoms with Crippen LogP contribution >= 0.6 is 0 Å². The molecule has 8 nitrogen and oxygen atoms in total. The molecule has 0 saturated carbocycles. The Hall–Kier alpha value is -2.56. The summed E-state index contributed by atoms with van der Waals surface area (Å²) < 4.78 is 54.0. The lowest BCUT2D eigenvalue weighted by molar-refractivity contribution is -0.156. The smallest absolute Gasteiger partial charge is 0.407 e. The fourth-order valence-corrected chi connectivity index (χ4v) is 6.40. The van der Waals surface area contributed by atoms with Crippen molar-refractivity contribution < 1.29 is 41.8 Å². The molecule has 1 fully saturated rings. The standard InChI is InChI=1S/C43H75F3N2O6/c1-3-5-7-9-11-13-15-17-18-20-22-24-26-28-30-32-41(50)53-36-39(54-42(51)47-38-33-48(34-38)37-43(44,45)46)35-52-40(49)31-29-27-25-23-21-19-16-14-12-10-8-6-4-2/h11,13,17-18,38-39H,3-10,12,14-16,19-37H2,1-2H3,(H,47,51)/b13-11-,18-17-. The van der Waals surface area contributed by atoms with E-state index in [-0.39, 0.29) is 39.1 Å². The van der Waals surface area contributed by atoms with Crippen molar-refractivity contribution in [3.8, 4) is 0 Å². The highest BCUT2D eigenvalue weighted by molar-refractivity contribution is 5.70. The van der Waals surface area contributed by atoms with Crippen molar-refractivity contribution in [1.82, 2.24) is 10.2 Å². The molecule has 54 heavy (non-hydrogen) atoms. The van der Waals surface area contributed by atoms with Gasteiger partial charge in [0.05, 0.1) is 12.6 Å². The highest BCUT2D eigenvalue weighted by Crippen LogP contribution is 2.20. The first-order valence-electron chi connectivity index (χ1n) is 21.5. The maximum absolute atomic E-state index is 12.6. The highest BCUT2D eigenvalue weighted by Gasteiger charge is 2.38. The fraction of sp³-hybridized carbons (Fsp3) is 0.837. The molecule has 0 aromatic carbocycles. The highest BCUT2D eigenvalue weighted by atomic mass is 19.4. The number of carbonyl (C=O) groups is 3. The Balaban J connectivity index is 2.29. The summed E-state index contributed by atoms with van der Waals surface area (Å²) in [5, 5.41) is 2.54. The summed E-state index contributed by atoms with van der Waals surface area (Å²) in [5.41, 5.74) is 0. The van der Waals surface area contributed by atoms with Crippen molar-refractivity contribution >= 4 is 18.0 Å². The van der Waals surface area contributed by atoms with Gasteiger partial charge in [0.2, 0.25) is 0 Å². The molecule has 1 heterocycles. The Morgan fingerprint density at radius 2 is 1.04 bits per heavy atom. The van der Waals surface area contributed by atoms with Crippen molar-refractivity contribution in [2.75, 3.05) is 32.8 Å². The van der Waals surface area contributed by atoms with Gasteiger partial charge in [0, 0.05) is 25.9 Å². The van der Waals surface area contributed by atoms with Gasteiger partial charge in [-0.1, -0.05) is 147 Å². The zero-order valence-corrected chi connectivity index (χ0v) is 33.9. The van der Waals surface area contributed by atoms with Gasteiger partial charge in [-0.2, -0.15) is 13.2 Å². The molecule has 314 valence electrons. The molecular formula is C43H75F3N2O6. The first kappa shape index (κ1) is 49.5. The fourth-order valence-electron chi connectivity index (χ4n) is 6.40. The molecule has 1 aliphatic heterocycles. The van der Waals surface area contributed by atoms with Gasteiger partial charge in [-0.15, -0.1) is 0 Å². The van der Waals surface area contributed by atoms with E-state index in [1.807, 2.05) is 0 Å². The largest absolute Gasteiger partial charge is 0.462 e. The second-order valence-corrected chi connectivity index (χ2v) is 15.0. The summed E-state index contributed by atoms with van der Waals surface area (Å²) in [4.78, 5) is 38.6. The van der Waals surface area contributed by atoms with E-state index >= 15 is 0 Å². The number of unbranched alkanes of at least 4 members (excludes halogenated alkanes) is 20. The average Bonchev–Trinajstić information content (AvgIpc) is 3.11. The molecule has 1 N–H and O–H groups in total. The molecule has 0 spiro atoms. The number of alkyl halides is 3. The number of hydrogen-bond donors (Lipinski definition) is 1. The number of rotatable bonds is 35. The summed E-state index contributed by atoms with van der Waals surface area (Å²) >= 11 is 0. The number of ether oxygens (including phenoxy) is 3. The van der Waals surface area contributed by atoms with Crippen LogP contribution in [0.4, 0.5) is 18.0 Å². The molecule has 1 saturated heterocycles. The number of halogens is 3. The number of nitrogens with zero attached hydrogens (tertiary/aromatic N) is 1. The van der Waals surface area contributed by atoms with Crippen LogP contribution in [0.25, 0.3) is 0 Å². The lowest BCUT2D eigenvalue weighted by Crippen LogP contribution is -2.61. The molecule has 1 rings (SSSR count). The van der Waals surface area contributed by atoms with Gasteiger partial charge in [-0.25, -0.2) is 4.79 Å². The van der Waals surface area contributed by atoms with Crippen LogP contribution in [0.5, 0.6) is 0 Å². The van der Waals surface area contributed by atoms with E-state index in [9.17, 15) is 27.6 Å². The molecule has 0 bridgehead atoms. The predicted octanol–water partition coefficient (Wildman–Crippen LogP) is 11.7. The topological polar surface area (TPSA) is 94.2 Å². The minimum atomic E-state index is -4.31. The van der Waals surface area contributed by atoms with Gasteiger partial charge in [0.25, 0.3) is 0 Å². The van der Waals surface area contributed by atoms with Crippen molar-refractivity contribution in [2.24, 2.45) is 0 Å². The Morgan fingerprint density at radius 3 is 1.50 bits per heavy atom. The van der Waals surface area contributed by atoms with Crippen LogP contribution in [0.1, 0.15) is 181 Å². The molecule has 0 aliphatic carbocycles. The number of likely N-dealkylation sites (tertiary alicyclic amines) is 1. The molecule has 1 amide bonds. The van der Waals surface area contributed by atoms with E-state index in [0.717, 1.165) is 64.2 Å². The number of nitrogens with one attached hydrogen (secondary N) is 1. The van der Waals surface area contributed by atoms with Crippen LogP contribution in [0.15, 0.2) is 24.3 Å². The summed E-state index contributed by atoms with van der Waals surface area (Å²) in [6.45, 7) is 2.97. The third kappa shape index (κ3) is 31.8. The lowest BCUT2D eigenvalue weighted by Gasteiger charge is -2.39. The molecule has 11 heteroatoms. The molecule has 0 aromatic rings. The second kappa shape index (κ2) is 33.8. The van der Waals surface area contributed by atoms with Crippen molar-refractivity contribution in [1.29, 1.82) is 0 Å². The monoisotopic (exact) mass is 773 g/mol. The van der Waals surface area contributed by atoms with E-state index in [1.54, 1.807) is 0 Å². The van der Waals surface area contributed by atoms with Gasteiger partial charge >= 0.3 is 24.2 Å². The van der Waals surface area contributed by atoms with E-state index in [1.165, 1.54) is 81.9 Å². The van der Waals surface area contributed by atoms with Crippen LogP contribution in [-0.4, -0.2) is 74.1 Å². The number of hydrogen-bond acceptors (Lipinski definition) is 7. The number of carbonyl (C=O) groups excluding carboxylic acids is 3. The molecular weight excluding hydrogens is 697 g/mol. The van der Waals surface area contributed by atoms with E-state index in [0.29, 0.717) is 12.8 Å². The average molecular weight is 773 g/mol. The van der Waals surface area contributed by atoms with Gasteiger partial charge < -0.3 is 19.5 Å². The minimum Gasteiger partial charge on any atom is -0.462 e. The quantitative estimate of drug-likeness (QED) is 0.0297. The lowest BCUT2D eigenvalue weighted by atomic mass is 10.0. The molecule has 1 unspecified atom stereocenters. The van der Waals surface area contributed by atoms with Crippen molar-refractivity contribution in [2.45, 2.75) is 199 Å². The second-order valence-electron chi connectivity index (χ2n) is 15.0. The maximum atomic E-state index is 12.6. The summed E-state index contributed by atoms with van der Waals surface area (Å²) in [5.74, 6) is -0.833. The number of allylic oxidation sites excluding steroid dienone is 4. The number of esters is 2. The molecule has 0 radical (unpaired) electrons. The zero-order valence-electron chi connectivity index (χ0n) is 33.9. The normalized spacial score (nSPS) is 14.4. The Kier molecular flexibility index (Phi) is 30.9. The predicted molar refractivity (Wildman–Crippen MR) is 211 cm³/mol. The summed E-state index contributed by atoms with van der Waals surface area (Å²) in [7, 11) is 0. The van der Waals surface area contributed by atoms with E-state index in [4.69, 9.17) is 14.2 Å². The Bertz CT molecular complexity index is 1000. The third-order valence-electron chi connectivity index (χ3n) is 9.63. The van der Waals surface area contributed by atoms with Crippen molar-refractivity contribution in [3.63, 3.8) is 0 Å². The van der Waals surface area contributed by atoms with Crippen LogP contribution < -0.4 is 5.32 Å². The van der Waals surface area contributed by atoms with Crippen LogP contribution in [0, 0.1) is 0 Å². The third-order valence-corrected chi connectivity index (χ3v) is 9.63. The van der Waals surface area contributed by atoms with Crippen LogP contribution in [0.3, 0.4) is 0 Å². The first-order valence-corrected chi connectivity index (χ1v) is 21.5. The van der Waals surface area contributed by atoms with E-state index in [2.05, 4.69) is 43.5 Å². The first-order chi connectivity index (χ1) is 26.1. The maximum Gasteiger partial charge on any atom is 0.407 e. The van der Waals surface area contributed by atoms with E-state index < -0.39 is 42.9 Å². The van der Waals surface area contributed by atoms with Gasteiger partial charge in [-0.05, 0) is 44.9 Å². The van der Waals surface area contributed by atoms with Crippen LogP contribution in [-0.2, 0) is 23.8 Å². The van der Waals surface area contributed by atoms with Crippen molar-refractivity contribution in [3.05, 3.63) is 24.3 Å². The molecule has 0 aromatic heterocycles. The Morgan fingerprint density at radius 1 is 0.630 bits per heavy atom. The van der Waals surface area contributed by atoms with Gasteiger partial charge in [0.15, 0.2) is 6.10 Å². The number of amides is 1.